The molecular formula is C19H16F3N3O2. The molecule has 0 saturated heterocycles. The van der Waals surface area contributed by atoms with Crippen molar-refractivity contribution in [1.82, 2.24) is 9.78 Å². The van der Waals surface area contributed by atoms with Gasteiger partial charge < -0.3 is 5.32 Å². The van der Waals surface area contributed by atoms with E-state index in [4.69, 9.17) is 0 Å². The van der Waals surface area contributed by atoms with Crippen LogP contribution in [0.1, 0.15) is 25.6 Å². The summed E-state index contributed by atoms with van der Waals surface area (Å²) < 4.78 is 41.3. The zero-order chi connectivity index (χ0) is 19.7. The van der Waals surface area contributed by atoms with Crippen molar-refractivity contribution in [2.75, 3.05) is 5.32 Å². The highest BCUT2D eigenvalue weighted by atomic mass is 19.2. The van der Waals surface area contributed by atoms with Gasteiger partial charge in [-0.15, -0.1) is 0 Å². The van der Waals surface area contributed by atoms with Crippen molar-refractivity contribution in [3.63, 3.8) is 0 Å². The number of fused-ring (bicyclic) bond motifs is 1. The van der Waals surface area contributed by atoms with E-state index in [1.54, 1.807) is 38.1 Å². The van der Waals surface area contributed by atoms with E-state index < -0.39 is 29.0 Å². The molecule has 3 rings (SSSR count). The van der Waals surface area contributed by atoms with Crippen LogP contribution in [0.2, 0.25) is 0 Å². The Labute approximate surface area is 152 Å². The molecule has 0 saturated carbocycles. The third kappa shape index (κ3) is 3.55. The summed E-state index contributed by atoms with van der Waals surface area (Å²) in [5, 5.41) is 7.36. The third-order valence-corrected chi connectivity index (χ3v) is 4.03. The second-order valence-electron chi connectivity index (χ2n) is 6.28. The second kappa shape index (κ2) is 7.22. The first-order valence-corrected chi connectivity index (χ1v) is 8.23. The number of carbonyl (C=O) groups is 1. The largest absolute Gasteiger partial charge is 0.323 e. The van der Waals surface area contributed by atoms with E-state index in [1.165, 1.54) is 4.68 Å². The number of aromatic nitrogens is 2. The van der Waals surface area contributed by atoms with Crippen molar-refractivity contribution in [2.45, 2.75) is 26.3 Å². The van der Waals surface area contributed by atoms with E-state index in [0.29, 0.717) is 16.5 Å². The summed E-state index contributed by atoms with van der Waals surface area (Å²) in [6, 6.07) is 8.14. The number of halogens is 3. The average Bonchev–Trinajstić information content (AvgIpc) is 2.64. The Morgan fingerprint density at radius 1 is 1.07 bits per heavy atom. The van der Waals surface area contributed by atoms with Crippen LogP contribution >= 0.6 is 0 Å². The maximum absolute atomic E-state index is 13.7. The van der Waals surface area contributed by atoms with Gasteiger partial charge in [0, 0.05) is 5.39 Å². The number of benzene rings is 2. The average molecular weight is 375 g/mol. The minimum atomic E-state index is -1.66. The van der Waals surface area contributed by atoms with E-state index in [-0.39, 0.29) is 18.0 Å². The van der Waals surface area contributed by atoms with Crippen LogP contribution in [0.4, 0.5) is 18.9 Å². The maximum Gasteiger partial charge on any atom is 0.274 e. The molecule has 2 aromatic carbocycles. The number of nitrogens with one attached hydrogen (secondary N) is 1. The molecule has 0 radical (unpaired) electrons. The highest BCUT2D eigenvalue weighted by molar-refractivity contribution is 5.95. The van der Waals surface area contributed by atoms with Gasteiger partial charge in [-0.25, -0.2) is 17.9 Å². The zero-order valence-electron chi connectivity index (χ0n) is 14.6. The molecule has 0 aliphatic carbocycles. The van der Waals surface area contributed by atoms with Crippen molar-refractivity contribution in [3.8, 4) is 0 Å². The number of anilines is 1. The molecule has 0 fully saturated rings. The lowest BCUT2D eigenvalue weighted by Gasteiger charge is -2.13. The summed E-state index contributed by atoms with van der Waals surface area (Å²) in [6.45, 7) is 3.56. The highest BCUT2D eigenvalue weighted by Crippen LogP contribution is 2.20. The summed E-state index contributed by atoms with van der Waals surface area (Å²) in [6.07, 6.45) is -0.272. The van der Waals surface area contributed by atoms with Crippen molar-refractivity contribution < 1.29 is 18.0 Å². The Morgan fingerprint density at radius 3 is 2.41 bits per heavy atom. The normalized spacial score (nSPS) is 11.2. The van der Waals surface area contributed by atoms with Gasteiger partial charge in [0.1, 0.15) is 0 Å². The maximum atomic E-state index is 13.7. The van der Waals surface area contributed by atoms with Crippen molar-refractivity contribution in [2.24, 2.45) is 0 Å². The summed E-state index contributed by atoms with van der Waals surface area (Å²) >= 11 is 0. The molecule has 0 unspecified atom stereocenters. The Balaban J connectivity index is 1.97. The summed E-state index contributed by atoms with van der Waals surface area (Å²) in [5.74, 6) is -5.16. The van der Waals surface area contributed by atoms with Gasteiger partial charge >= 0.3 is 0 Å². The van der Waals surface area contributed by atoms with Gasteiger partial charge in [-0.2, -0.15) is 5.10 Å². The molecule has 0 aliphatic heterocycles. The lowest BCUT2D eigenvalue weighted by atomic mass is 10.1. The second-order valence-corrected chi connectivity index (χ2v) is 6.28. The minimum Gasteiger partial charge on any atom is -0.323 e. The number of carbonyl (C=O) groups excluding carboxylic acids is 1. The zero-order valence-corrected chi connectivity index (χ0v) is 14.6. The molecule has 3 aromatic rings. The smallest absolute Gasteiger partial charge is 0.274 e. The number of rotatable bonds is 4. The van der Waals surface area contributed by atoms with Gasteiger partial charge in [0.05, 0.1) is 29.2 Å². The fraction of sp³-hybridized carbons (Fsp3) is 0.211. The predicted molar refractivity (Wildman–Crippen MR) is 95.0 cm³/mol. The Hall–Kier alpha value is -3.16. The lowest BCUT2D eigenvalue weighted by Crippen LogP contribution is -2.27. The molecule has 0 bridgehead atoms. The molecule has 1 heterocycles. The first-order chi connectivity index (χ1) is 12.8. The molecule has 0 aliphatic rings. The molecular weight excluding hydrogens is 359 g/mol. The highest BCUT2D eigenvalue weighted by Gasteiger charge is 2.18. The fourth-order valence-corrected chi connectivity index (χ4v) is 2.72. The van der Waals surface area contributed by atoms with Crippen LogP contribution in [0.15, 0.2) is 41.2 Å². The number of hydrogen-bond donors (Lipinski definition) is 1. The monoisotopic (exact) mass is 375 g/mol. The van der Waals surface area contributed by atoms with Gasteiger partial charge in [0.2, 0.25) is 5.91 Å². The van der Waals surface area contributed by atoms with E-state index in [9.17, 15) is 22.8 Å². The van der Waals surface area contributed by atoms with Crippen LogP contribution in [-0.2, 0) is 11.2 Å². The first kappa shape index (κ1) is 18.6. The minimum absolute atomic E-state index is 0.229. The Morgan fingerprint density at radius 2 is 1.74 bits per heavy atom. The fourth-order valence-electron chi connectivity index (χ4n) is 2.72. The molecule has 0 atom stereocenters. The van der Waals surface area contributed by atoms with Crippen molar-refractivity contribution >= 4 is 22.4 Å². The number of amides is 1. The van der Waals surface area contributed by atoms with Gasteiger partial charge in [0.15, 0.2) is 17.5 Å². The number of nitrogens with zero attached hydrogens (tertiary/aromatic N) is 2. The Kier molecular flexibility index (Phi) is 4.98. The van der Waals surface area contributed by atoms with E-state index >= 15 is 0 Å². The van der Waals surface area contributed by atoms with Crippen molar-refractivity contribution in [3.05, 3.63) is 69.9 Å². The molecule has 0 spiro atoms. The first-order valence-electron chi connectivity index (χ1n) is 8.23. The molecule has 1 N–H and O–H groups in total. The quantitative estimate of drug-likeness (QED) is 0.709. The standard InChI is InChI=1S/C19H16F3N3O2/c1-10(2)25-19(27)12-6-4-3-5-11(12)15(24-25)9-16(26)23-14-8-7-13(20)17(21)18(14)22/h3-8,10H,9H2,1-2H3,(H,23,26). The summed E-state index contributed by atoms with van der Waals surface area (Å²) in [7, 11) is 0. The van der Waals surface area contributed by atoms with Crippen LogP contribution in [0, 0.1) is 17.5 Å². The lowest BCUT2D eigenvalue weighted by molar-refractivity contribution is -0.115. The molecule has 140 valence electrons. The predicted octanol–water partition coefficient (Wildman–Crippen LogP) is 3.58. The third-order valence-electron chi connectivity index (χ3n) is 4.03. The summed E-state index contributed by atoms with van der Waals surface area (Å²) in [4.78, 5) is 24.8. The summed E-state index contributed by atoms with van der Waals surface area (Å²) in [5.41, 5.74) is -0.434. The van der Waals surface area contributed by atoms with Crippen LogP contribution in [0.5, 0.6) is 0 Å². The van der Waals surface area contributed by atoms with Gasteiger partial charge in [0.25, 0.3) is 5.56 Å². The van der Waals surface area contributed by atoms with Crippen LogP contribution in [-0.4, -0.2) is 15.7 Å². The van der Waals surface area contributed by atoms with Crippen LogP contribution in [0.3, 0.4) is 0 Å². The Bertz CT molecular complexity index is 1090. The molecule has 1 aromatic heterocycles. The SMILES string of the molecule is CC(C)n1nc(CC(=O)Nc2ccc(F)c(F)c2F)c2ccccc2c1=O. The van der Waals surface area contributed by atoms with Gasteiger partial charge in [-0.05, 0) is 32.0 Å². The molecule has 27 heavy (non-hydrogen) atoms. The number of hydrogen-bond acceptors (Lipinski definition) is 3. The van der Waals surface area contributed by atoms with Gasteiger partial charge in [-0.3, -0.25) is 9.59 Å². The molecule has 1 amide bonds. The topological polar surface area (TPSA) is 64.0 Å². The molecule has 5 nitrogen and oxygen atoms in total. The van der Waals surface area contributed by atoms with Crippen LogP contribution in [0.25, 0.3) is 10.8 Å². The van der Waals surface area contributed by atoms with Gasteiger partial charge in [-0.1, -0.05) is 18.2 Å². The van der Waals surface area contributed by atoms with Crippen molar-refractivity contribution in [1.29, 1.82) is 0 Å². The van der Waals surface area contributed by atoms with E-state index in [2.05, 4.69) is 10.4 Å². The van der Waals surface area contributed by atoms with Crippen LogP contribution < -0.4 is 10.9 Å². The van der Waals surface area contributed by atoms with E-state index in [1.807, 2.05) is 0 Å². The molecule has 8 heteroatoms. The van der Waals surface area contributed by atoms with E-state index in [0.717, 1.165) is 12.1 Å².